The van der Waals surface area contributed by atoms with Crippen LogP contribution in [-0.2, 0) is 6.61 Å². The van der Waals surface area contributed by atoms with Crippen LogP contribution in [0, 0.1) is 0 Å². The molecule has 0 spiro atoms. The first-order valence-corrected chi connectivity index (χ1v) is 7.97. The number of amides is 1. The third-order valence-corrected chi connectivity index (χ3v) is 3.70. The highest BCUT2D eigenvalue weighted by atomic mass is 16.5. The summed E-state index contributed by atoms with van der Waals surface area (Å²) in [6.45, 7) is 2.24. The first kappa shape index (κ1) is 16.7. The highest BCUT2D eigenvalue weighted by Crippen LogP contribution is 2.23. The summed E-state index contributed by atoms with van der Waals surface area (Å²) in [6.07, 6.45) is 5.18. The topological polar surface area (TPSA) is 76.4 Å². The maximum Gasteiger partial charge on any atom is 0.255 e. The van der Waals surface area contributed by atoms with Crippen LogP contribution in [0.1, 0.15) is 22.8 Å². The van der Waals surface area contributed by atoms with Crippen LogP contribution in [0.15, 0.2) is 61.2 Å². The Hall–Kier alpha value is -3.12. The van der Waals surface area contributed by atoms with E-state index in [4.69, 9.17) is 4.74 Å². The summed E-state index contributed by atoms with van der Waals surface area (Å²) in [7, 11) is 0. The average molecular weight is 337 g/mol. The lowest BCUT2D eigenvalue weighted by molar-refractivity contribution is 0.102. The van der Waals surface area contributed by atoms with Gasteiger partial charge in [0.1, 0.15) is 5.75 Å². The highest BCUT2D eigenvalue weighted by molar-refractivity contribution is 6.04. The van der Waals surface area contributed by atoms with Crippen molar-refractivity contribution in [3.63, 3.8) is 0 Å². The van der Waals surface area contributed by atoms with E-state index in [1.54, 1.807) is 42.9 Å². The molecule has 1 heterocycles. The van der Waals surface area contributed by atoms with E-state index in [0.717, 1.165) is 5.69 Å². The van der Waals surface area contributed by atoms with Gasteiger partial charge in [-0.25, -0.2) is 4.98 Å². The maximum atomic E-state index is 12.5. The van der Waals surface area contributed by atoms with E-state index in [2.05, 4.69) is 10.3 Å². The Kier molecular flexibility index (Phi) is 5.11. The standard InChI is InChI=1S/C19H19N3O3/c1-2-25-18-7-6-16(10-15(18)12-23)21-19(24)14-4-3-5-17(11-14)22-9-8-20-13-22/h3-11,13,23H,2,12H2,1H3,(H,21,24). The Labute approximate surface area is 145 Å². The number of benzene rings is 2. The number of nitrogens with one attached hydrogen (secondary N) is 1. The number of imidazole rings is 1. The molecule has 25 heavy (non-hydrogen) atoms. The van der Waals surface area contributed by atoms with E-state index in [1.807, 2.05) is 29.8 Å². The van der Waals surface area contributed by atoms with Crippen molar-refractivity contribution in [3.05, 3.63) is 72.3 Å². The molecule has 0 radical (unpaired) electrons. The molecule has 0 atom stereocenters. The number of ether oxygens (including phenoxy) is 1. The second-order valence-corrected chi connectivity index (χ2v) is 5.39. The van der Waals surface area contributed by atoms with Gasteiger partial charge >= 0.3 is 0 Å². The van der Waals surface area contributed by atoms with E-state index < -0.39 is 0 Å². The first-order chi connectivity index (χ1) is 12.2. The van der Waals surface area contributed by atoms with Crippen molar-refractivity contribution in [2.45, 2.75) is 13.5 Å². The van der Waals surface area contributed by atoms with Gasteiger partial charge in [-0.05, 0) is 43.3 Å². The van der Waals surface area contributed by atoms with Crippen molar-refractivity contribution in [1.82, 2.24) is 9.55 Å². The van der Waals surface area contributed by atoms with Gasteiger partial charge in [0.25, 0.3) is 5.91 Å². The summed E-state index contributed by atoms with van der Waals surface area (Å²) >= 11 is 0. The minimum atomic E-state index is -0.227. The van der Waals surface area contributed by atoms with Crippen LogP contribution in [0.4, 0.5) is 5.69 Å². The fourth-order valence-corrected chi connectivity index (χ4v) is 2.50. The molecule has 3 aromatic rings. The Morgan fingerprint density at radius 3 is 2.88 bits per heavy atom. The molecule has 0 aliphatic carbocycles. The lowest BCUT2D eigenvalue weighted by Crippen LogP contribution is -2.12. The molecule has 6 nitrogen and oxygen atoms in total. The molecule has 1 amide bonds. The molecule has 6 heteroatoms. The van der Waals surface area contributed by atoms with Crippen molar-refractivity contribution in [3.8, 4) is 11.4 Å². The van der Waals surface area contributed by atoms with Gasteiger partial charge in [0.15, 0.2) is 0 Å². The zero-order valence-electron chi connectivity index (χ0n) is 13.8. The SMILES string of the molecule is CCOc1ccc(NC(=O)c2cccc(-n3ccnc3)c2)cc1CO. The molecule has 2 aromatic carbocycles. The van der Waals surface area contributed by atoms with E-state index in [9.17, 15) is 9.90 Å². The Bertz CT molecular complexity index is 860. The van der Waals surface area contributed by atoms with Gasteiger partial charge in [0, 0.05) is 34.9 Å². The van der Waals surface area contributed by atoms with Gasteiger partial charge in [-0.1, -0.05) is 6.07 Å². The monoisotopic (exact) mass is 337 g/mol. The number of anilines is 1. The van der Waals surface area contributed by atoms with Crippen molar-refractivity contribution >= 4 is 11.6 Å². The third-order valence-electron chi connectivity index (χ3n) is 3.70. The van der Waals surface area contributed by atoms with Crippen LogP contribution in [0.2, 0.25) is 0 Å². The largest absolute Gasteiger partial charge is 0.494 e. The molecule has 0 bridgehead atoms. The number of carbonyl (C=O) groups excluding carboxylic acids is 1. The molecule has 0 fully saturated rings. The molecule has 0 saturated carbocycles. The van der Waals surface area contributed by atoms with Gasteiger partial charge in [-0.15, -0.1) is 0 Å². The van der Waals surface area contributed by atoms with Crippen LogP contribution in [0.5, 0.6) is 5.75 Å². The molecular weight excluding hydrogens is 318 g/mol. The second-order valence-electron chi connectivity index (χ2n) is 5.39. The Morgan fingerprint density at radius 1 is 1.28 bits per heavy atom. The normalized spacial score (nSPS) is 10.5. The first-order valence-electron chi connectivity index (χ1n) is 7.97. The van der Waals surface area contributed by atoms with Crippen molar-refractivity contribution < 1.29 is 14.6 Å². The quantitative estimate of drug-likeness (QED) is 0.725. The van der Waals surface area contributed by atoms with E-state index in [0.29, 0.717) is 29.2 Å². The molecule has 0 saturated heterocycles. The number of nitrogens with zero attached hydrogens (tertiary/aromatic N) is 2. The molecule has 0 aliphatic heterocycles. The maximum absolute atomic E-state index is 12.5. The summed E-state index contributed by atoms with van der Waals surface area (Å²) < 4.78 is 7.28. The minimum Gasteiger partial charge on any atom is -0.494 e. The highest BCUT2D eigenvalue weighted by Gasteiger charge is 2.10. The summed E-state index contributed by atoms with van der Waals surface area (Å²) in [5.41, 5.74) is 2.62. The molecular formula is C19H19N3O3. The van der Waals surface area contributed by atoms with Crippen molar-refractivity contribution in [2.24, 2.45) is 0 Å². The van der Waals surface area contributed by atoms with Crippen LogP contribution < -0.4 is 10.1 Å². The van der Waals surface area contributed by atoms with Crippen LogP contribution >= 0.6 is 0 Å². The molecule has 0 unspecified atom stereocenters. The van der Waals surface area contributed by atoms with Gasteiger partial charge in [0.2, 0.25) is 0 Å². The summed E-state index contributed by atoms with van der Waals surface area (Å²) in [4.78, 5) is 16.5. The fourth-order valence-electron chi connectivity index (χ4n) is 2.50. The van der Waals surface area contributed by atoms with Gasteiger partial charge < -0.3 is 19.7 Å². The molecule has 128 valence electrons. The van der Waals surface area contributed by atoms with Crippen LogP contribution in [-0.4, -0.2) is 27.2 Å². The van der Waals surface area contributed by atoms with E-state index >= 15 is 0 Å². The van der Waals surface area contributed by atoms with Crippen molar-refractivity contribution in [1.29, 1.82) is 0 Å². The summed E-state index contributed by atoms with van der Waals surface area (Å²) in [6, 6.07) is 12.5. The van der Waals surface area contributed by atoms with Crippen LogP contribution in [0.3, 0.4) is 0 Å². The number of aliphatic hydroxyl groups is 1. The Morgan fingerprint density at radius 2 is 2.16 bits per heavy atom. The smallest absolute Gasteiger partial charge is 0.255 e. The summed E-state index contributed by atoms with van der Waals surface area (Å²) in [5.74, 6) is 0.389. The zero-order chi connectivity index (χ0) is 17.6. The van der Waals surface area contributed by atoms with Crippen molar-refractivity contribution in [2.75, 3.05) is 11.9 Å². The zero-order valence-corrected chi connectivity index (χ0v) is 13.8. The van der Waals surface area contributed by atoms with Gasteiger partial charge in [-0.2, -0.15) is 0 Å². The number of hydrogen-bond donors (Lipinski definition) is 2. The number of rotatable bonds is 6. The van der Waals surface area contributed by atoms with Crippen LogP contribution in [0.25, 0.3) is 5.69 Å². The number of hydrogen-bond acceptors (Lipinski definition) is 4. The van der Waals surface area contributed by atoms with Gasteiger partial charge in [0.05, 0.1) is 19.5 Å². The lowest BCUT2D eigenvalue weighted by Gasteiger charge is -2.12. The van der Waals surface area contributed by atoms with E-state index in [-0.39, 0.29) is 12.5 Å². The van der Waals surface area contributed by atoms with Gasteiger partial charge in [-0.3, -0.25) is 4.79 Å². The molecule has 2 N–H and O–H groups in total. The lowest BCUT2D eigenvalue weighted by atomic mass is 10.1. The minimum absolute atomic E-state index is 0.158. The summed E-state index contributed by atoms with van der Waals surface area (Å²) in [5, 5.41) is 12.3. The predicted molar refractivity (Wildman–Crippen MR) is 95.1 cm³/mol. The number of carbonyl (C=O) groups is 1. The predicted octanol–water partition coefficient (Wildman–Crippen LogP) is 3.02. The number of aromatic nitrogens is 2. The molecule has 0 aliphatic rings. The fraction of sp³-hybridized carbons (Fsp3) is 0.158. The molecule has 3 rings (SSSR count). The average Bonchev–Trinajstić information content (AvgIpc) is 3.18. The number of aliphatic hydroxyl groups excluding tert-OH is 1. The second kappa shape index (κ2) is 7.63. The Balaban J connectivity index is 1.79. The third kappa shape index (κ3) is 3.87. The van der Waals surface area contributed by atoms with E-state index in [1.165, 1.54) is 0 Å². The molecule has 1 aromatic heterocycles.